The van der Waals surface area contributed by atoms with Crippen LogP contribution in [0.3, 0.4) is 0 Å². The predicted molar refractivity (Wildman–Crippen MR) is 74.2 cm³/mol. The molecule has 1 amide bonds. The van der Waals surface area contributed by atoms with Crippen LogP contribution in [0.4, 0.5) is 10.1 Å². The quantitative estimate of drug-likeness (QED) is 0.891. The lowest BCUT2D eigenvalue weighted by Gasteiger charge is -2.23. The van der Waals surface area contributed by atoms with E-state index in [-0.39, 0.29) is 23.0 Å². The molecule has 0 radical (unpaired) electrons. The Hall–Kier alpha value is -1.62. The fourth-order valence-electron chi connectivity index (χ4n) is 3.16. The molecule has 1 aromatic rings. The van der Waals surface area contributed by atoms with Crippen molar-refractivity contribution >= 4 is 11.6 Å². The third kappa shape index (κ3) is 2.38. The SMILES string of the molecule is COc1cc(NC(=O)C2CC23CCNCC3)ccc1F. The average molecular weight is 278 g/mol. The molecule has 1 aliphatic carbocycles. The number of piperidine rings is 1. The van der Waals surface area contributed by atoms with E-state index < -0.39 is 5.82 Å². The summed E-state index contributed by atoms with van der Waals surface area (Å²) in [4.78, 5) is 12.3. The minimum absolute atomic E-state index is 0.0422. The minimum atomic E-state index is -0.424. The molecule has 1 heterocycles. The van der Waals surface area contributed by atoms with Crippen LogP contribution < -0.4 is 15.4 Å². The van der Waals surface area contributed by atoms with Crippen molar-refractivity contribution in [3.8, 4) is 5.75 Å². The van der Waals surface area contributed by atoms with Gasteiger partial charge in [-0.3, -0.25) is 4.79 Å². The van der Waals surface area contributed by atoms with Gasteiger partial charge in [0.2, 0.25) is 5.91 Å². The number of rotatable bonds is 3. The zero-order valence-electron chi connectivity index (χ0n) is 11.5. The fraction of sp³-hybridized carbons (Fsp3) is 0.533. The number of anilines is 1. The van der Waals surface area contributed by atoms with Gasteiger partial charge in [-0.25, -0.2) is 4.39 Å². The highest BCUT2D eigenvalue weighted by Crippen LogP contribution is 2.58. The highest BCUT2D eigenvalue weighted by Gasteiger charge is 2.57. The summed E-state index contributed by atoms with van der Waals surface area (Å²) < 4.78 is 18.2. The zero-order chi connectivity index (χ0) is 14.2. The number of hydrogen-bond donors (Lipinski definition) is 2. The summed E-state index contributed by atoms with van der Waals surface area (Å²) in [6.45, 7) is 1.99. The van der Waals surface area contributed by atoms with Crippen molar-refractivity contribution in [2.45, 2.75) is 19.3 Å². The molecule has 1 aliphatic heterocycles. The Morgan fingerprint density at radius 3 is 2.90 bits per heavy atom. The van der Waals surface area contributed by atoms with Gasteiger partial charge >= 0.3 is 0 Å². The van der Waals surface area contributed by atoms with Gasteiger partial charge in [0, 0.05) is 17.7 Å². The molecule has 4 nitrogen and oxygen atoms in total. The van der Waals surface area contributed by atoms with Crippen molar-refractivity contribution in [3.63, 3.8) is 0 Å². The summed E-state index contributed by atoms with van der Waals surface area (Å²) in [5, 5.41) is 6.19. The third-order valence-electron chi connectivity index (χ3n) is 4.52. The number of benzene rings is 1. The molecule has 1 spiro atoms. The van der Waals surface area contributed by atoms with Gasteiger partial charge in [0.1, 0.15) is 0 Å². The molecule has 0 bridgehead atoms. The van der Waals surface area contributed by atoms with Gasteiger partial charge in [-0.2, -0.15) is 0 Å². The Morgan fingerprint density at radius 1 is 1.45 bits per heavy atom. The molecule has 3 rings (SSSR count). The normalized spacial score (nSPS) is 23.4. The van der Waals surface area contributed by atoms with Gasteiger partial charge in [0.05, 0.1) is 7.11 Å². The Labute approximate surface area is 117 Å². The largest absolute Gasteiger partial charge is 0.494 e. The second-order valence-corrected chi connectivity index (χ2v) is 5.71. The van der Waals surface area contributed by atoms with Crippen LogP contribution in [0.5, 0.6) is 5.75 Å². The average Bonchev–Trinajstić information content (AvgIpc) is 3.15. The first-order valence-corrected chi connectivity index (χ1v) is 7.00. The van der Waals surface area contributed by atoms with E-state index in [1.807, 2.05) is 0 Å². The number of amides is 1. The molecular weight excluding hydrogens is 259 g/mol. The molecule has 5 heteroatoms. The van der Waals surface area contributed by atoms with E-state index in [1.165, 1.54) is 19.2 Å². The number of halogens is 1. The molecule has 0 aromatic heterocycles. The van der Waals surface area contributed by atoms with Crippen molar-refractivity contribution in [2.75, 3.05) is 25.5 Å². The van der Waals surface area contributed by atoms with E-state index in [0.717, 1.165) is 32.4 Å². The summed E-state index contributed by atoms with van der Waals surface area (Å²) in [5.41, 5.74) is 0.795. The number of carbonyl (C=O) groups is 1. The van der Waals surface area contributed by atoms with Gasteiger partial charge < -0.3 is 15.4 Å². The Kier molecular flexibility index (Phi) is 3.38. The lowest BCUT2D eigenvalue weighted by atomic mass is 9.92. The lowest BCUT2D eigenvalue weighted by Crippen LogP contribution is -2.31. The first-order chi connectivity index (χ1) is 9.64. The van der Waals surface area contributed by atoms with Crippen LogP contribution in [0.1, 0.15) is 19.3 Å². The highest BCUT2D eigenvalue weighted by atomic mass is 19.1. The van der Waals surface area contributed by atoms with Crippen molar-refractivity contribution in [1.29, 1.82) is 0 Å². The molecule has 108 valence electrons. The molecule has 2 N–H and O–H groups in total. The Bertz CT molecular complexity index is 527. The second-order valence-electron chi connectivity index (χ2n) is 5.71. The van der Waals surface area contributed by atoms with Gasteiger partial charge in [0.25, 0.3) is 0 Å². The molecule has 2 aliphatic rings. The van der Waals surface area contributed by atoms with Crippen molar-refractivity contribution < 1.29 is 13.9 Å². The van der Waals surface area contributed by atoms with Gasteiger partial charge in [-0.1, -0.05) is 0 Å². The van der Waals surface area contributed by atoms with E-state index in [0.29, 0.717) is 5.69 Å². The topological polar surface area (TPSA) is 50.4 Å². The third-order valence-corrected chi connectivity index (χ3v) is 4.52. The molecule has 1 saturated heterocycles. The maximum atomic E-state index is 13.3. The molecular formula is C15H19FN2O2. The predicted octanol–water partition coefficient (Wildman–Crippen LogP) is 2.16. The van der Waals surface area contributed by atoms with Crippen LogP contribution in [0.25, 0.3) is 0 Å². The fourth-order valence-corrected chi connectivity index (χ4v) is 3.16. The van der Waals surface area contributed by atoms with Crippen LogP contribution in [0.2, 0.25) is 0 Å². The molecule has 1 atom stereocenters. The first-order valence-electron chi connectivity index (χ1n) is 7.00. The highest BCUT2D eigenvalue weighted by molar-refractivity contribution is 5.95. The number of methoxy groups -OCH3 is 1. The Balaban J connectivity index is 1.65. The van der Waals surface area contributed by atoms with E-state index in [4.69, 9.17) is 4.74 Å². The zero-order valence-corrected chi connectivity index (χ0v) is 11.5. The van der Waals surface area contributed by atoms with E-state index in [9.17, 15) is 9.18 Å². The van der Waals surface area contributed by atoms with Gasteiger partial charge in [-0.15, -0.1) is 0 Å². The van der Waals surface area contributed by atoms with Crippen LogP contribution in [-0.4, -0.2) is 26.1 Å². The number of carbonyl (C=O) groups excluding carboxylic acids is 1. The first kappa shape index (κ1) is 13.4. The molecule has 1 unspecified atom stereocenters. The van der Waals surface area contributed by atoms with E-state index >= 15 is 0 Å². The van der Waals surface area contributed by atoms with Crippen LogP contribution >= 0.6 is 0 Å². The maximum Gasteiger partial charge on any atom is 0.228 e. The summed E-state index contributed by atoms with van der Waals surface area (Å²) in [5.74, 6) is -0.136. The van der Waals surface area contributed by atoms with Crippen LogP contribution in [-0.2, 0) is 4.79 Å². The monoisotopic (exact) mass is 278 g/mol. The summed E-state index contributed by atoms with van der Waals surface area (Å²) >= 11 is 0. The van der Waals surface area contributed by atoms with Crippen molar-refractivity contribution in [2.24, 2.45) is 11.3 Å². The van der Waals surface area contributed by atoms with E-state index in [1.54, 1.807) is 6.07 Å². The molecule has 1 aromatic carbocycles. The Morgan fingerprint density at radius 2 is 2.20 bits per heavy atom. The minimum Gasteiger partial charge on any atom is -0.494 e. The summed E-state index contributed by atoms with van der Waals surface area (Å²) in [6, 6.07) is 4.39. The maximum absolute atomic E-state index is 13.3. The molecule has 20 heavy (non-hydrogen) atoms. The summed E-state index contributed by atoms with van der Waals surface area (Å²) in [6.07, 6.45) is 3.11. The van der Waals surface area contributed by atoms with E-state index in [2.05, 4.69) is 10.6 Å². The summed E-state index contributed by atoms with van der Waals surface area (Å²) in [7, 11) is 1.41. The van der Waals surface area contributed by atoms with Gasteiger partial charge in [0.15, 0.2) is 11.6 Å². The van der Waals surface area contributed by atoms with Crippen LogP contribution in [0.15, 0.2) is 18.2 Å². The number of hydrogen-bond acceptors (Lipinski definition) is 3. The van der Waals surface area contributed by atoms with Crippen molar-refractivity contribution in [3.05, 3.63) is 24.0 Å². The number of ether oxygens (including phenoxy) is 1. The molecule has 2 fully saturated rings. The van der Waals surface area contributed by atoms with Crippen LogP contribution in [0, 0.1) is 17.2 Å². The second kappa shape index (κ2) is 5.05. The van der Waals surface area contributed by atoms with Gasteiger partial charge in [-0.05, 0) is 49.9 Å². The lowest BCUT2D eigenvalue weighted by molar-refractivity contribution is -0.118. The van der Waals surface area contributed by atoms with Crippen molar-refractivity contribution in [1.82, 2.24) is 5.32 Å². The number of nitrogens with one attached hydrogen (secondary N) is 2. The standard InChI is InChI=1S/C15H19FN2O2/c1-20-13-8-10(2-3-12(13)16)18-14(19)11-9-15(11)4-6-17-7-5-15/h2-3,8,11,17H,4-7,9H2,1H3,(H,18,19). The smallest absolute Gasteiger partial charge is 0.228 e. The molecule has 1 saturated carbocycles.